The monoisotopic (exact) mass is 359 g/mol. The number of nitrogens with zero attached hydrogens (tertiary/aromatic N) is 4. The lowest BCUT2D eigenvalue weighted by Gasteiger charge is -2.19. The summed E-state index contributed by atoms with van der Waals surface area (Å²) < 4.78 is 1.73. The first-order chi connectivity index (χ1) is 12.9. The summed E-state index contributed by atoms with van der Waals surface area (Å²) in [5, 5.41) is 12.2. The Morgan fingerprint density at radius 2 is 1.96 bits per heavy atom. The summed E-state index contributed by atoms with van der Waals surface area (Å²) in [6.07, 6.45) is 4.63. The van der Waals surface area contributed by atoms with E-state index in [-0.39, 0.29) is 17.1 Å². The lowest BCUT2D eigenvalue weighted by atomic mass is 9.87. The van der Waals surface area contributed by atoms with Crippen LogP contribution in [0.2, 0.25) is 0 Å². The Hall–Kier alpha value is -3.46. The van der Waals surface area contributed by atoms with Gasteiger partial charge in [-0.25, -0.2) is 4.98 Å². The summed E-state index contributed by atoms with van der Waals surface area (Å²) in [7, 11) is 0. The van der Waals surface area contributed by atoms with E-state index >= 15 is 0 Å². The minimum absolute atomic E-state index is 0.0924. The number of hydrogen-bond donors (Lipinski definition) is 1. The molecule has 1 amide bonds. The summed E-state index contributed by atoms with van der Waals surface area (Å²) >= 11 is 0. The standard InChI is InChI=1S/C21H21N5O/c1-21(2,3)17-8-6-15(7-9-17)13-26-14-24-19(18(26)11-22)25-20(27)16-5-4-10-23-12-16/h4-10,12,14H,13H2,1-3H3,(H,25,27). The number of nitriles is 1. The van der Waals surface area contributed by atoms with E-state index in [0.717, 1.165) is 5.56 Å². The highest BCUT2D eigenvalue weighted by Crippen LogP contribution is 2.23. The summed E-state index contributed by atoms with van der Waals surface area (Å²) in [6.45, 7) is 7.01. The first-order valence-electron chi connectivity index (χ1n) is 8.64. The molecule has 0 atom stereocenters. The molecule has 1 N–H and O–H groups in total. The van der Waals surface area contributed by atoms with E-state index in [1.54, 1.807) is 29.2 Å². The van der Waals surface area contributed by atoms with Gasteiger partial charge in [-0.1, -0.05) is 45.0 Å². The summed E-state index contributed by atoms with van der Waals surface area (Å²) in [4.78, 5) is 20.4. The van der Waals surface area contributed by atoms with Gasteiger partial charge in [0.1, 0.15) is 6.07 Å². The van der Waals surface area contributed by atoms with Gasteiger partial charge >= 0.3 is 0 Å². The maximum absolute atomic E-state index is 12.3. The Kier molecular flexibility index (Phi) is 5.04. The van der Waals surface area contributed by atoms with E-state index in [1.807, 2.05) is 0 Å². The average Bonchev–Trinajstić information content (AvgIpc) is 3.03. The fourth-order valence-electron chi connectivity index (χ4n) is 2.69. The molecule has 0 aliphatic carbocycles. The zero-order valence-corrected chi connectivity index (χ0v) is 15.6. The van der Waals surface area contributed by atoms with Crippen LogP contribution >= 0.6 is 0 Å². The van der Waals surface area contributed by atoms with Crippen LogP contribution in [0.3, 0.4) is 0 Å². The second-order valence-corrected chi connectivity index (χ2v) is 7.32. The molecular formula is C21H21N5O. The van der Waals surface area contributed by atoms with Gasteiger partial charge in [0, 0.05) is 18.9 Å². The number of pyridine rings is 1. The first-order valence-corrected chi connectivity index (χ1v) is 8.64. The third-order valence-corrected chi connectivity index (χ3v) is 4.27. The van der Waals surface area contributed by atoms with Gasteiger partial charge in [0.2, 0.25) is 0 Å². The number of hydrogen-bond acceptors (Lipinski definition) is 4. The third kappa shape index (κ3) is 4.21. The SMILES string of the molecule is CC(C)(C)c1ccc(Cn2cnc(NC(=O)c3cccnc3)c2C#N)cc1. The van der Waals surface area contributed by atoms with Crippen molar-refractivity contribution in [3.63, 3.8) is 0 Å². The van der Waals surface area contributed by atoms with E-state index in [2.05, 4.69) is 66.4 Å². The number of rotatable bonds is 4. The van der Waals surface area contributed by atoms with Crippen LogP contribution < -0.4 is 5.32 Å². The molecule has 0 aliphatic rings. The van der Waals surface area contributed by atoms with Crippen molar-refractivity contribution in [1.29, 1.82) is 5.26 Å². The molecule has 136 valence electrons. The van der Waals surface area contributed by atoms with Gasteiger partial charge in [-0.15, -0.1) is 0 Å². The third-order valence-electron chi connectivity index (χ3n) is 4.27. The largest absolute Gasteiger partial charge is 0.316 e. The minimum Gasteiger partial charge on any atom is -0.316 e. The molecular weight excluding hydrogens is 338 g/mol. The van der Waals surface area contributed by atoms with Gasteiger partial charge in [0.05, 0.1) is 11.9 Å². The van der Waals surface area contributed by atoms with E-state index in [4.69, 9.17) is 0 Å². The van der Waals surface area contributed by atoms with Crippen LogP contribution in [0.1, 0.15) is 48.0 Å². The summed E-state index contributed by atoms with van der Waals surface area (Å²) in [5.41, 5.74) is 3.12. The minimum atomic E-state index is -0.348. The quantitative estimate of drug-likeness (QED) is 0.769. The molecule has 0 bridgehead atoms. The Bertz CT molecular complexity index is 976. The molecule has 2 aromatic heterocycles. The highest BCUT2D eigenvalue weighted by Gasteiger charge is 2.16. The molecule has 0 fully saturated rings. The fourth-order valence-corrected chi connectivity index (χ4v) is 2.69. The zero-order valence-electron chi connectivity index (χ0n) is 15.6. The zero-order chi connectivity index (χ0) is 19.4. The van der Waals surface area contributed by atoms with Gasteiger partial charge in [-0.2, -0.15) is 5.26 Å². The number of nitrogens with one attached hydrogen (secondary N) is 1. The highest BCUT2D eigenvalue weighted by atomic mass is 16.1. The number of carbonyl (C=O) groups excluding carboxylic acids is 1. The predicted molar refractivity (Wildman–Crippen MR) is 103 cm³/mol. The molecule has 0 unspecified atom stereocenters. The van der Waals surface area contributed by atoms with E-state index in [9.17, 15) is 10.1 Å². The first kappa shape index (κ1) is 18.3. The topological polar surface area (TPSA) is 83.6 Å². The van der Waals surface area contributed by atoms with Crippen LogP contribution in [0, 0.1) is 11.3 Å². The van der Waals surface area contributed by atoms with Gasteiger partial charge in [0.15, 0.2) is 11.5 Å². The molecule has 2 heterocycles. The van der Waals surface area contributed by atoms with Crippen LogP contribution in [0.25, 0.3) is 0 Å². The number of aromatic nitrogens is 3. The van der Waals surface area contributed by atoms with Crippen LogP contribution in [-0.4, -0.2) is 20.4 Å². The number of carbonyl (C=O) groups is 1. The Balaban J connectivity index is 1.78. The number of imidazole rings is 1. The van der Waals surface area contributed by atoms with Crippen LogP contribution in [0.4, 0.5) is 5.82 Å². The van der Waals surface area contributed by atoms with Crippen molar-refractivity contribution in [1.82, 2.24) is 14.5 Å². The van der Waals surface area contributed by atoms with Crippen molar-refractivity contribution in [2.24, 2.45) is 0 Å². The number of amides is 1. The van der Waals surface area contributed by atoms with Crippen molar-refractivity contribution < 1.29 is 4.79 Å². The molecule has 6 nitrogen and oxygen atoms in total. The number of benzene rings is 1. The Morgan fingerprint density at radius 3 is 2.56 bits per heavy atom. The van der Waals surface area contributed by atoms with Crippen LogP contribution in [0.15, 0.2) is 55.1 Å². The highest BCUT2D eigenvalue weighted by molar-refractivity contribution is 6.04. The van der Waals surface area contributed by atoms with Gasteiger partial charge < -0.3 is 9.88 Å². The lowest BCUT2D eigenvalue weighted by molar-refractivity contribution is 0.102. The van der Waals surface area contributed by atoms with Crippen LogP contribution in [-0.2, 0) is 12.0 Å². The van der Waals surface area contributed by atoms with Gasteiger partial charge in [-0.3, -0.25) is 9.78 Å². The van der Waals surface area contributed by atoms with Crippen LogP contribution in [0.5, 0.6) is 0 Å². The normalized spacial score (nSPS) is 11.0. The van der Waals surface area contributed by atoms with Crippen molar-refractivity contribution >= 4 is 11.7 Å². The Morgan fingerprint density at radius 1 is 1.22 bits per heavy atom. The maximum atomic E-state index is 12.3. The molecule has 0 saturated heterocycles. The lowest BCUT2D eigenvalue weighted by Crippen LogP contribution is -2.14. The van der Waals surface area contributed by atoms with Gasteiger partial charge in [0.25, 0.3) is 5.91 Å². The predicted octanol–water partition coefficient (Wildman–Crippen LogP) is 3.75. The van der Waals surface area contributed by atoms with Crippen molar-refractivity contribution in [2.45, 2.75) is 32.7 Å². The fraction of sp³-hybridized carbons (Fsp3) is 0.238. The maximum Gasteiger partial charge on any atom is 0.258 e. The van der Waals surface area contributed by atoms with Gasteiger partial charge in [-0.05, 0) is 28.7 Å². The van der Waals surface area contributed by atoms with E-state index < -0.39 is 0 Å². The molecule has 0 aliphatic heterocycles. The summed E-state index contributed by atoms with van der Waals surface area (Å²) in [6, 6.07) is 13.8. The summed E-state index contributed by atoms with van der Waals surface area (Å²) in [5.74, 6) is -0.1000. The second-order valence-electron chi connectivity index (χ2n) is 7.32. The molecule has 3 rings (SSSR count). The van der Waals surface area contributed by atoms with E-state index in [0.29, 0.717) is 17.8 Å². The molecule has 0 saturated carbocycles. The van der Waals surface area contributed by atoms with Crippen molar-refractivity contribution in [2.75, 3.05) is 5.32 Å². The van der Waals surface area contributed by atoms with E-state index in [1.165, 1.54) is 11.8 Å². The van der Waals surface area contributed by atoms with Crippen molar-refractivity contribution in [3.8, 4) is 6.07 Å². The second kappa shape index (κ2) is 7.42. The molecule has 0 radical (unpaired) electrons. The Labute approximate surface area is 158 Å². The molecule has 3 aromatic rings. The molecule has 6 heteroatoms. The molecule has 1 aromatic carbocycles. The average molecular weight is 359 g/mol. The molecule has 0 spiro atoms. The van der Waals surface area contributed by atoms with Crippen molar-refractivity contribution in [3.05, 3.63) is 77.5 Å². The number of anilines is 1. The smallest absolute Gasteiger partial charge is 0.258 e. The molecule has 27 heavy (non-hydrogen) atoms.